The van der Waals surface area contributed by atoms with Gasteiger partial charge in [0.1, 0.15) is 17.9 Å². The van der Waals surface area contributed by atoms with Crippen LogP contribution in [0.25, 0.3) is 16.3 Å². The van der Waals surface area contributed by atoms with E-state index in [1.807, 2.05) is 115 Å². The number of hydrazine groups is 1. The minimum absolute atomic E-state index is 0.134. The minimum atomic E-state index is -0.757. The summed E-state index contributed by atoms with van der Waals surface area (Å²) < 4.78 is 17.2. The lowest BCUT2D eigenvalue weighted by molar-refractivity contribution is 0.0678. The highest BCUT2D eigenvalue weighted by Crippen LogP contribution is 2.38. The zero-order chi connectivity index (χ0) is 28.6. The summed E-state index contributed by atoms with van der Waals surface area (Å²) in [6.07, 6.45) is 1.72. The smallest absolute Gasteiger partial charge is 0.429 e. The quantitative estimate of drug-likeness (QED) is 0.196. The molecule has 0 fully saturated rings. The number of carbonyl (C=O) groups is 2. The van der Waals surface area contributed by atoms with Gasteiger partial charge in [-0.15, -0.1) is 0 Å². The summed E-state index contributed by atoms with van der Waals surface area (Å²) in [6.45, 7) is 3.70. The average molecular weight is 549 g/mol. The van der Waals surface area contributed by atoms with Gasteiger partial charge in [-0.2, -0.15) is 0 Å². The zero-order valence-corrected chi connectivity index (χ0v) is 23.0. The molecule has 0 radical (unpaired) electrons. The molecule has 0 spiro atoms. The molecule has 7 nitrogen and oxygen atoms in total. The Labute approximate surface area is 239 Å². The van der Waals surface area contributed by atoms with Gasteiger partial charge in [-0.3, -0.25) is 0 Å². The van der Waals surface area contributed by atoms with Crippen molar-refractivity contribution in [3.8, 4) is 5.75 Å². The van der Waals surface area contributed by atoms with Gasteiger partial charge in [0, 0.05) is 11.0 Å². The molecule has 2 amide bonds. The first-order valence-electron chi connectivity index (χ1n) is 13.7. The maximum atomic E-state index is 13.3. The van der Waals surface area contributed by atoms with Crippen LogP contribution < -0.4 is 10.2 Å². The molecular formula is C34H32N2O5. The topological polar surface area (TPSA) is 77.1 Å². The third kappa shape index (κ3) is 6.09. The Balaban J connectivity index is 1.70. The molecule has 2 atom stereocenters. The van der Waals surface area contributed by atoms with Gasteiger partial charge in [0.05, 0.1) is 13.2 Å². The van der Waals surface area contributed by atoms with Crippen LogP contribution in [0.15, 0.2) is 121 Å². The highest BCUT2D eigenvalue weighted by atomic mass is 16.6. The molecule has 1 aliphatic rings. The van der Waals surface area contributed by atoms with Crippen molar-refractivity contribution in [2.75, 3.05) is 13.2 Å². The van der Waals surface area contributed by atoms with Crippen LogP contribution in [0.4, 0.5) is 9.59 Å². The second-order valence-electron chi connectivity index (χ2n) is 9.31. The van der Waals surface area contributed by atoms with Gasteiger partial charge in [0.2, 0.25) is 0 Å². The number of rotatable bonds is 7. The number of carbonyl (C=O) groups excluding carboxylic acids is 2. The molecule has 0 aliphatic heterocycles. The van der Waals surface area contributed by atoms with Gasteiger partial charge < -0.3 is 14.2 Å². The number of fused-ring (bicyclic) bond motifs is 1. The third-order valence-corrected chi connectivity index (χ3v) is 6.74. The van der Waals surface area contributed by atoms with Crippen molar-refractivity contribution in [3.63, 3.8) is 0 Å². The lowest BCUT2D eigenvalue weighted by Crippen LogP contribution is -2.52. The largest absolute Gasteiger partial charge is 0.481 e. The Kier molecular flexibility index (Phi) is 8.64. The summed E-state index contributed by atoms with van der Waals surface area (Å²) in [6, 6.07) is 33.1. The molecule has 5 rings (SSSR count). The molecule has 0 saturated heterocycles. The molecule has 7 heteroatoms. The zero-order valence-electron chi connectivity index (χ0n) is 23.0. The fourth-order valence-corrected chi connectivity index (χ4v) is 5.03. The van der Waals surface area contributed by atoms with Crippen molar-refractivity contribution in [1.82, 2.24) is 10.4 Å². The van der Waals surface area contributed by atoms with Crippen LogP contribution in [-0.2, 0) is 9.47 Å². The van der Waals surface area contributed by atoms with Crippen LogP contribution >= 0.6 is 0 Å². The summed E-state index contributed by atoms with van der Waals surface area (Å²) >= 11 is 0. The van der Waals surface area contributed by atoms with Crippen LogP contribution in [0.5, 0.6) is 5.75 Å². The van der Waals surface area contributed by atoms with E-state index in [1.54, 1.807) is 13.8 Å². The number of hydrogen-bond donors (Lipinski definition) is 1. The van der Waals surface area contributed by atoms with Crippen molar-refractivity contribution < 1.29 is 23.8 Å². The van der Waals surface area contributed by atoms with Gasteiger partial charge in [0.15, 0.2) is 0 Å². The molecule has 4 aromatic carbocycles. The Morgan fingerprint density at radius 3 is 2.00 bits per heavy atom. The number of benzene rings is 4. The second-order valence-corrected chi connectivity index (χ2v) is 9.31. The predicted octanol–water partition coefficient (Wildman–Crippen LogP) is 7.15. The first-order valence-corrected chi connectivity index (χ1v) is 13.7. The van der Waals surface area contributed by atoms with Crippen LogP contribution in [0, 0.1) is 0 Å². The summed E-state index contributed by atoms with van der Waals surface area (Å²) in [4.78, 5) is 25.9. The minimum Gasteiger partial charge on any atom is -0.481 e. The molecule has 4 aromatic rings. The highest BCUT2D eigenvalue weighted by molar-refractivity contribution is 5.89. The maximum Gasteiger partial charge on any atom is 0.429 e. The Morgan fingerprint density at radius 2 is 1.34 bits per heavy atom. The SMILES string of the molecule is CCOC(=O)NN(C(=O)OCC)[C@H]1C=C[C@@H](Oc2cccc3ccccc23)C1=C(c1ccccc1)c1ccccc1. The van der Waals surface area contributed by atoms with E-state index in [2.05, 4.69) is 5.43 Å². The van der Waals surface area contributed by atoms with E-state index in [-0.39, 0.29) is 13.2 Å². The van der Waals surface area contributed by atoms with E-state index in [9.17, 15) is 9.59 Å². The predicted molar refractivity (Wildman–Crippen MR) is 159 cm³/mol. The van der Waals surface area contributed by atoms with E-state index >= 15 is 0 Å². The summed E-state index contributed by atoms with van der Waals surface area (Å²) in [5, 5.41) is 3.20. The molecule has 0 aromatic heterocycles. The molecule has 0 heterocycles. The van der Waals surface area contributed by atoms with E-state index < -0.39 is 24.3 Å². The van der Waals surface area contributed by atoms with Gasteiger partial charge in [-0.1, -0.05) is 103 Å². The fraction of sp³-hybridized carbons (Fsp3) is 0.176. The molecule has 1 N–H and O–H groups in total. The molecule has 1 aliphatic carbocycles. The van der Waals surface area contributed by atoms with Crippen LogP contribution in [0.3, 0.4) is 0 Å². The number of ether oxygens (including phenoxy) is 3. The summed E-state index contributed by atoms with van der Waals surface area (Å²) in [5.41, 5.74) is 6.13. The average Bonchev–Trinajstić information content (AvgIpc) is 3.40. The molecule has 41 heavy (non-hydrogen) atoms. The second kappa shape index (κ2) is 12.9. The van der Waals surface area contributed by atoms with Crippen LogP contribution in [-0.4, -0.2) is 42.6 Å². The first kappa shape index (κ1) is 27.5. The fourth-order valence-electron chi connectivity index (χ4n) is 5.03. The highest BCUT2D eigenvalue weighted by Gasteiger charge is 2.39. The molecule has 0 bridgehead atoms. The molecule has 208 valence electrons. The monoisotopic (exact) mass is 548 g/mol. The van der Waals surface area contributed by atoms with Crippen molar-refractivity contribution in [2.45, 2.75) is 26.0 Å². The summed E-state index contributed by atoms with van der Waals surface area (Å²) in [5.74, 6) is 0.706. The van der Waals surface area contributed by atoms with Crippen molar-refractivity contribution in [1.29, 1.82) is 0 Å². The molecule has 0 unspecified atom stereocenters. The number of nitrogens with zero attached hydrogens (tertiary/aromatic N) is 1. The number of amides is 2. The van der Waals surface area contributed by atoms with Crippen LogP contribution in [0.2, 0.25) is 0 Å². The normalized spacial score (nSPS) is 15.8. The van der Waals surface area contributed by atoms with E-state index in [0.29, 0.717) is 5.75 Å². The van der Waals surface area contributed by atoms with E-state index in [0.717, 1.165) is 33.0 Å². The van der Waals surface area contributed by atoms with Gasteiger partial charge >= 0.3 is 12.2 Å². The van der Waals surface area contributed by atoms with Crippen molar-refractivity contribution >= 4 is 28.5 Å². The van der Waals surface area contributed by atoms with Crippen molar-refractivity contribution in [2.24, 2.45) is 0 Å². The summed E-state index contributed by atoms with van der Waals surface area (Å²) in [7, 11) is 0. The lowest BCUT2D eigenvalue weighted by Gasteiger charge is -2.31. The van der Waals surface area contributed by atoms with Crippen molar-refractivity contribution in [3.05, 3.63) is 132 Å². The molecular weight excluding hydrogens is 516 g/mol. The maximum absolute atomic E-state index is 13.3. The Morgan fingerprint density at radius 1 is 0.732 bits per heavy atom. The molecule has 0 saturated carbocycles. The lowest BCUT2D eigenvalue weighted by atomic mass is 9.89. The van der Waals surface area contributed by atoms with Gasteiger partial charge in [-0.25, -0.2) is 20.0 Å². The standard InChI is InChI=1S/C34H32N2O5/c1-3-39-33(37)35-36(34(38)40-4-2)28-22-23-30(41-29-21-13-19-24-14-11-12-20-27(24)29)32(28)31(25-15-7-5-8-16-25)26-17-9-6-10-18-26/h5-23,28,30H,3-4H2,1-2H3,(H,35,37)/t28-,30+/m0/s1. The van der Waals surface area contributed by atoms with Crippen LogP contribution in [0.1, 0.15) is 25.0 Å². The van der Waals surface area contributed by atoms with E-state index in [4.69, 9.17) is 14.2 Å². The first-order chi connectivity index (χ1) is 20.1. The Hall–Kier alpha value is -5.04. The van der Waals surface area contributed by atoms with E-state index in [1.165, 1.54) is 5.01 Å². The third-order valence-electron chi connectivity index (χ3n) is 6.74. The Bertz CT molecular complexity index is 1520. The van der Waals surface area contributed by atoms with Gasteiger partial charge in [0.25, 0.3) is 0 Å². The number of hydrogen-bond acceptors (Lipinski definition) is 5. The number of nitrogens with one attached hydrogen (secondary N) is 1. The van der Waals surface area contributed by atoms with Gasteiger partial charge in [-0.05, 0) is 48.1 Å².